The molecule has 1 unspecified atom stereocenters. The highest BCUT2D eigenvalue weighted by atomic mass is 79.9. The number of ether oxygens (including phenoxy) is 1. The maximum absolute atomic E-state index is 11.0. The number of carbonyl (C=O) groups is 1. The van der Waals surface area contributed by atoms with Gasteiger partial charge in [-0.05, 0) is 23.8 Å². The minimum Gasteiger partial charge on any atom is -0.467 e. The molecule has 0 aliphatic carbocycles. The fraction of sp³-hybridized carbons (Fsp3) is 0.300. The van der Waals surface area contributed by atoms with Crippen LogP contribution in [0.1, 0.15) is 5.56 Å². The average molecular weight is 294 g/mol. The number of carbonyl (C=O) groups excluding carboxylic acids is 1. The summed E-state index contributed by atoms with van der Waals surface area (Å²) in [4.78, 5) is 11.0. The molecule has 1 atom stereocenters. The molecule has 0 heterocycles. The number of rotatable bonds is 3. The second-order valence-corrected chi connectivity index (χ2v) is 4.37. The maximum atomic E-state index is 11.0. The van der Waals surface area contributed by atoms with Crippen molar-refractivity contribution in [2.75, 3.05) is 7.11 Å². The molecule has 82 valence electrons. The first kappa shape index (κ1) is 12.5. The Morgan fingerprint density at radius 3 is 2.80 bits per heavy atom. The summed E-state index contributed by atoms with van der Waals surface area (Å²) in [5.74, 6) is -0.647. The summed E-state index contributed by atoms with van der Waals surface area (Å²) in [5, 5.41) is 9.97. The summed E-state index contributed by atoms with van der Waals surface area (Å²) in [6.45, 7) is 0. The Hall–Kier alpha value is -0.580. The smallest absolute Gasteiger partial charge is 0.335 e. The molecule has 1 N–H and O–H groups in total. The van der Waals surface area contributed by atoms with Crippen LogP contribution < -0.4 is 0 Å². The first-order chi connectivity index (χ1) is 7.02. The van der Waals surface area contributed by atoms with Gasteiger partial charge in [0.1, 0.15) is 0 Å². The van der Waals surface area contributed by atoms with E-state index in [2.05, 4.69) is 20.7 Å². The van der Waals surface area contributed by atoms with Crippen molar-refractivity contribution in [3.63, 3.8) is 0 Å². The molecule has 0 aliphatic heterocycles. The lowest BCUT2D eigenvalue weighted by atomic mass is 10.1. The van der Waals surface area contributed by atoms with Crippen LogP contribution in [0.2, 0.25) is 5.02 Å². The Balaban J connectivity index is 2.76. The quantitative estimate of drug-likeness (QED) is 0.869. The van der Waals surface area contributed by atoms with Crippen molar-refractivity contribution in [2.45, 2.75) is 12.5 Å². The van der Waals surface area contributed by atoms with E-state index in [0.29, 0.717) is 5.02 Å². The zero-order valence-electron chi connectivity index (χ0n) is 8.04. The average Bonchev–Trinajstić information content (AvgIpc) is 2.14. The number of aliphatic hydroxyl groups is 1. The summed E-state index contributed by atoms with van der Waals surface area (Å²) in [5.41, 5.74) is 0.771. The Bertz CT molecular complexity index is 347. The predicted octanol–water partition coefficient (Wildman–Crippen LogP) is 2.18. The van der Waals surface area contributed by atoms with Gasteiger partial charge < -0.3 is 9.84 Å². The van der Waals surface area contributed by atoms with Gasteiger partial charge in [-0.3, -0.25) is 0 Å². The van der Waals surface area contributed by atoms with Crippen molar-refractivity contribution in [3.05, 3.63) is 33.3 Å². The molecule has 0 bridgehead atoms. The van der Waals surface area contributed by atoms with Crippen molar-refractivity contribution in [3.8, 4) is 0 Å². The SMILES string of the molecule is COC(=O)C(O)Cc1cc(Cl)cc(Br)c1. The van der Waals surface area contributed by atoms with Gasteiger partial charge in [-0.25, -0.2) is 4.79 Å². The van der Waals surface area contributed by atoms with Crippen molar-refractivity contribution in [1.82, 2.24) is 0 Å². The zero-order valence-corrected chi connectivity index (χ0v) is 10.4. The van der Waals surface area contributed by atoms with E-state index in [1.807, 2.05) is 0 Å². The van der Waals surface area contributed by atoms with E-state index in [4.69, 9.17) is 11.6 Å². The van der Waals surface area contributed by atoms with Gasteiger partial charge in [0.15, 0.2) is 6.10 Å². The third-order valence-electron chi connectivity index (χ3n) is 1.82. The number of halogens is 2. The van der Waals surface area contributed by atoms with E-state index >= 15 is 0 Å². The van der Waals surface area contributed by atoms with E-state index in [9.17, 15) is 9.90 Å². The third kappa shape index (κ3) is 3.81. The highest BCUT2D eigenvalue weighted by molar-refractivity contribution is 9.10. The fourth-order valence-corrected chi connectivity index (χ4v) is 2.10. The van der Waals surface area contributed by atoms with Crippen molar-refractivity contribution >= 4 is 33.5 Å². The van der Waals surface area contributed by atoms with E-state index < -0.39 is 12.1 Å². The number of hydrogen-bond acceptors (Lipinski definition) is 3. The van der Waals surface area contributed by atoms with Gasteiger partial charge >= 0.3 is 5.97 Å². The van der Waals surface area contributed by atoms with Crippen LogP contribution in [0.25, 0.3) is 0 Å². The van der Waals surface area contributed by atoms with Crippen LogP contribution >= 0.6 is 27.5 Å². The summed E-state index contributed by atoms with van der Waals surface area (Å²) in [7, 11) is 1.24. The molecule has 0 fully saturated rings. The van der Waals surface area contributed by atoms with Crippen LogP contribution in [0.15, 0.2) is 22.7 Å². The van der Waals surface area contributed by atoms with Gasteiger partial charge in [0.2, 0.25) is 0 Å². The standard InChI is InChI=1S/C10H10BrClO3/c1-15-10(14)9(13)4-6-2-7(11)5-8(12)3-6/h2-3,5,9,13H,4H2,1H3. The molecule has 0 radical (unpaired) electrons. The normalized spacial score (nSPS) is 12.3. The molecule has 15 heavy (non-hydrogen) atoms. The lowest BCUT2D eigenvalue weighted by Crippen LogP contribution is -2.24. The number of esters is 1. The highest BCUT2D eigenvalue weighted by Gasteiger charge is 2.16. The molecular weight excluding hydrogens is 283 g/mol. The Morgan fingerprint density at radius 1 is 1.60 bits per heavy atom. The van der Waals surface area contributed by atoms with Crippen LogP contribution in [0.5, 0.6) is 0 Å². The van der Waals surface area contributed by atoms with Gasteiger partial charge in [0.25, 0.3) is 0 Å². The van der Waals surface area contributed by atoms with Crippen LogP contribution in [0.4, 0.5) is 0 Å². The molecule has 5 heteroatoms. The minimum atomic E-state index is -1.15. The largest absolute Gasteiger partial charge is 0.467 e. The van der Waals surface area contributed by atoms with E-state index in [0.717, 1.165) is 10.0 Å². The zero-order chi connectivity index (χ0) is 11.4. The lowest BCUT2D eigenvalue weighted by Gasteiger charge is -2.08. The topological polar surface area (TPSA) is 46.5 Å². The summed E-state index contributed by atoms with van der Waals surface area (Å²) in [6.07, 6.45) is -0.966. The molecule has 1 rings (SSSR count). The van der Waals surface area contributed by atoms with Crippen LogP contribution in [-0.4, -0.2) is 24.3 Å². The lowest BCUT2D eigenvalue weighted by molar-refractivity contribution is -0.150. The van der Waals surface area contributed by atoms with Crippen molar-refractivity contribution in [2.24, 2.45) is 0 Å². The van der Waals surface area contributed by atoms with Gasteiger partial charge in [-0.15, -0.1) is 0 Å². The molecule has 1 aromatic rings. The maximum Gasteiger partial charge on any atom is 0.335 e. The van der Waals surface area contributed by atoms with Gasteiger partial charge in [-0.2, -0.15) is 0 Å². The molecular formula is C10H10BrClO3. The van der Waals surface area contributed by atoms with Gasteiger partial charge in [0.05, 0.1) is 7.11 Å². The van der Waals surface area contributed by atoms with E-state index in [1.54, 1.807) is 18.2 Å². The monoisotopic (exact) mass is 292 g/mol. The minimum absolute atomic E-state index is 0.186. The molecule has 0 aliphatic rings. The Morgan fingerprint density at radius 2 is 2.27 bits per heavy atom. The molecule has 1 aromatic carbocycles. The molecule has 3 nitrogen and oxygen atoms in total. The number of benzene rings is 1. The molecule has 0 amide bonds. The Labute approximate surface area is 101 Å². The van der Waals surface area contributed by atoms with Gasteiger partial charge in [-0.1, -0.05) is 27.5 Å². The summed E-state index contributed by atoms with van der Waals surface area (Å²) < 4.78 is 5.22. The Kier molecular flexibility index (Phi) is 4.57. The second-order valence-electron chi connectivity index (χ2n) is 3.02. The first-order valence-corrected chi connectivity index (χ1v) is 5.41. The number of aliphatic hydroxyl groups excluding tert-OH is 1. The third-order valence-corrected chi connectivity index (χ3v) is 2.50. The van der Waals surface area contributed by atoms with E-state index in [1.165, 1.54) is 7.11 Å². The predicted molar refractivity (Wildman–Crippen MR) is 60.9 cm³/mol. The van der Waals surface area contributed by atoms with Crippen molar-refractivity contribution in [1.29, 1.82) is 0 Å². The van der Waals surface area contributed by atoms with Crippen LogP contribution in [0, 0.1) is 0 Å². The summed E-state index contributed by atoms with van der Waals surface area (Å²) in [6, 6.07) is 5.21. The first-order valence-electron chi connectivity index (χ1n) is 4.24. The molecule has 0 aromatic heterocycles. The number of methoxy groups -OCH3 is 1. The van der Waals surface area contributed by atoms with E-state index in [-0.39, 0.29) is 6.42 Å². The second kappa shape index (κ2) is 5.49. The summed E-state index contributed by atoms with van der Waals surface area (Å²) >= 11 is 9.09. The van der Waals surface area contributed by atoms with Crippen LogP contribution in [0.3, 0.4) is 0 Å². The van der Waals surface area contributed by atoms with Crippen LogP contribution in [-0.2, 0) is 16.0 Å². The molecule has 0 saturated heterocycles. The molecule has 0 spiro atoms. The van der Waals surface area contributed by atoms with Crippen molar-refractivity contribution < 1.29 is 14.6 Å². The highest BCUT2D eigenvalue weighted by Crippen LogP contribution is 2.20. The fourth-order valence-electron chi connectivity index (χ4n) is 1.17. The van der Waals surface area contributed by atoms with Gasteiger partial charge in [0, 0.05) is 15.9 Å². The number of hydrogen-bond donors (Lipinski definition) is 1. The molecule has 0 saturated carbocycles.